The maximum absolute atomic E-state index is 12.1. The Balaban J connectivity index is 1.64. The van der Waals surface area contributed by atoms with Crippen LogP contribution in [-0.4, -0.2) is 36.0 Å². The fourth-order valence-electron chi connectivity index (χ4n) is 3.83. The average Bonchev–Trinajstić information content (AvgIpc) is 2.53. The zero-order valence-electron chi connectivity index (χ0n) is 14.1. The summed E-state index contributed by atoms with van der Waals surface area (Å²) >= 11 is 0. The van der Waals surface area contributed by atoms with Crippen molar-refractivity contribution in [3.8, 4) is 0 Å². The van der Waals surface area contributed by atoms with E-state index in [1.807, 2.05) is 0 Å². The number of piperidine rings is 1. The first kappa shape index (κ1) is 16.8. The van der Waals surface area contributed by atoms with E-state index < -0.39 is 0 Å². The Kier molecular flexibility index (Phi) is 6.53. The monoisotopic (exact) mass is 294 g/mol. The van der Waals surface area contributed by atoms with E-state index >= 15 is 0 Å². The van der Waals surface area contributed by atoms with Crippen LogP contribution in [0.5, 0.6) is 0 Å². The second kappa shape index (κ2) is 8.17. The smallest absolute Gasteiger partial charge is 0.220 e. The third-order valence-corrected chi connectivity index (χ3v) is 5.43. The van der Waals surface area contributed by atoms with Gasteiger partial charge in [-0.3, -0.25) is 9.69 Å². The minimum atomic E-state index is 0.0981. The Morgan fingerprint density at radius 1 is 1.05 bits per heavy atom. The number of hydrogen-bond acceptors (Lipinski definition) is 2. The molecule has 1 aliphatic carbocycles. The van der Waals surface area contributed by atoms with E-state index in [2.05, 4.69) is 24.1 Å². The summed E-state index contributed by atoms with van der Waals surface area (Å²) in [5.74, 6) is 1.06. The highest BCUT2D eigenvalue weighted by Crippen LogP contribution is 2.27. The van der Waals surface area contributed by atoms with Gasteiger partial charge in [0.2, 0.25) is 5.91 Å². The minimum absolute atomic E-state index is 0.0981. The van der Waals surface area contributed by atoms with Crippen LogP contribution in [0.3, 0.4) is 0 Å². The fourth-order valence-corrected chi connectivity index (χ4v) is 3.83. The van der Waals surface area contributed by atoms with Gasteiger partial charge in [-0.1, -0.05) is 38.5 Å². The van der Waals surface area contributed by atoms with Crippen molar-refractivity contribution in [3.63, 3.8) is 0 Å². The first-order chi connectivity index (χ1) is 10.1. The molecule has 3 nitrogen and oxygen atoms in total. The summed E-state index contributed by atoms with van der Waals surface area (Å²) in [4.78, 5) is 14.6. The highest BCUT2D eigenvalue weighted by Gasteiger charge is 2.28. The molecule has 0 radical (unpaired) electrons. The lowest BCUT2D eigenvalue weighted by molar-refractivity contribution is -0.122. The molecule has 1 saturated carbocycles. The lowest BCUT2D eigenvalue weighted by atomic mass is 9.86. The molecule has 1 saturated heterocycles. The summed E-state index contributed by atoms with van der Waals surface area (Å²) in [7, 11) is 0. The van der Waals surface area contributed by atoms with Gasteiger partial charge >= 0.3 is 0 Å². The third-order valence-electron chi connectivity index (χ3n) is 5.43. The van der Waals surface area contributed by atoms with Crippen LogP contribution in [0.15, 0.2) is 0 Å². The number of rotatable bonds is 6. The van der Waals surface area contributed by atoms with Gasteiger partial charge in [0.15, 0.2) is 0 Å². The lowest BCUT2D eigenvalue weighted by Crippen LogP contribution is -2.53. The van der Waals surface area contributed by atoms with Crippen LogP contribution >= 0.6 is 0 Å². The Bertz CT molecular complexity index is 315. The summed E-state index contributed by atoms with van der Waals surface area (Å²) in [6.45, 7) is 7.69. The summed E-state index contributed by atoms with van der Waals surface area (Å²) in [5, 5.41) is 3.18. The summed E-state index contributed by atoms with van der Waals surface area (Å²) in [5.41, 5.74) is 0.0981. The number of carbonyl (C=O) groups excluding carboxylic acids is 1. The minimum Gasteiger partial charge on any atom is -0.354 e. The van der Waals surface area contributed by atoms with Gasteiger partial charge in [-0.25, -0.2) is 0 Å². The molecule has 1 aliphatic heterocycles. The Morgan fingerprint density at radius 3 is 2.33 bits per heavy atom. The largest absolute Gasteiger partial charge is 0.354 e. The predicted molar refractivity (Wildman–Crippen MR) is 88.3 cm³/mol. The molecule has 2 fully saturated rings. The van der Waals surface area contributed by atoms with Crippen LogP contribution in [0.2, 0.25) is 0 Å². The van der Waals surface area contributed by atoms with Crippen LogP contribution < -0.4 is 5.32 Å². The van der Waals surface area contributed by atoms with Crippen molar-refractivity contribution in [2.75, 3.05) is 19.6 Å². The van der Waals surface area contributed by atoms with Crippen LogP contribution in [0.25, 0.3) is 0 Å². The van der Waals surface area contributed by atoms with Crippen LogP contribution in [0.4, 0.5) is 0 Å². The van der Waals surface area contributed by atoms with Gasteiger partial charge in [0.25, 0.3) is 0 Å². The molecule has 0 aromatic rings. The molecule has 0 bridgehead atoms. The quantitative estimate of drug-likeness (QED) is 0.809. The van der Waals surface area contributed by atoms with Crippen molar-refractivity contribution < 1.29 is 4.79 Å². The summed E-state index contributed by atoms with van der Waals surface area (Å²) in [6.07, 6.45) is 12.6. The van der Waals surface area contributed by atoms with E-state index in [1.165, 1.54) is 64.5 Å². The first-order valence-electron chi connectivity index (χ1n) is 9.10. The molecule has 0 atom stereocenters. The number of likely N-dealkylation sites (tertiary alicyclic amines) is 1. The van der Waals surface area contributed by atoms with Gasteiger partial charge in [0.05, 0.1) is 0 Å². The number of nitrogens with zero attached hydrogens (tertiary/aromatic N) is 1. The van der Waals surface area contributed by atoms with E-state index in [1.54, 1.807) is 0 Å². The summed E-state index contributed by atoms with van der Waals surface area (Å²) < 4.78 is 0. The van der Waals surface area contributed by atoms with Gasteiger partial charge in [-0.2, -0.15) is 0 Å². The van der Waals surface area contributed by atoms with Crippen LogP contribution in [0.1, 0.15) is 78.1 Å². The number of carbonyl (C=O) groups is 1. The Labute approximate surface area is 130 Å². The molecule has 1 N–H and O–H groups in total. The first-order valence-corrected chi connectivity index (χ1v) is 9.10. The molecule has 21 heavy (non-hydrogen) atoms. The Hall–Kier alpha value is -0.570. The zero-order valence-corrected chi connectivity index (χ0v) is 14.1. The molecule has 0 spiro atoms. The second-order valence-corrected chi connectivity index (χ2v) is 7.68. The van der Waals surface area contributed by atoms with Gasteiger partial charge in [-0.05, 0) is 52.1 Å². The van der Waals surface area contributed by atoms with Gasteiger partial charge in [0.1, 0.15) is 0 Å². The highest BCUT2D eigenvalue weighted by atomic mass is 16.1. The average molecular weight is 294 g/mol. The van der Waals surface area contributed by atoms with Crippen molar-refractivity contribution in [1.29, 1.82) is 0 Å². The van der Waals surface area contributed by atoms with E-state index in [9.17, 15) is 4.79 Å². The molecule has 0 aromatic heterocycles. The van der Waals surface area contributed by atoms with Crippen molar-refractivity contribution in [3.05, 3.63) is 0 Å². The molecule has 2 rings (SSSR count). The van der Waals surface area contributed by atoms with E-state index in [0.717, 1.165) is 25.3 Å². The molecule has 2 aliphatic rings. The fraction of sp³-hybridized carbons (Fsp3) is 0.944. The number of hydrogen-bond donors (Lipinski definition) is 1. The SMILES string of the molecule is CC(C)(CNC(=O)CCC1CCCCC1)N1CCCCC1. The maximum atomic E-state index is 12.1. The lowest BCUT2D eigenvalue weighted by Gasteiger charge is -2.41. The van der Waals surface area contributed by atoms with E-state index in [0.29, 0.717) is 0 Å². The van der Waals surface area contributed by atoms with Gasteiger partial charge in [0, 0.05) is 18.5 Å². The zero-order chi connectivity index (χ0) is 15.1. The predicted octanol–water partition coefficient (Wildman–Crippen LogP) is 3.73. The molecule has 122 valence electrons. The Morgan fingerprint density at radius 2 is 1.67 bits per heavy atom. The van der Waals surface area contributed by atoms with Gasteiger partial charge < -0.3 is 5.32 Å². The maximum Gasteiger partial charge on any atom is 0.220 e. The van der Waals surface area contributed by atoms with Crippen molar-refractivity contribution >= 4 is 5.91 Å². The van der Waals surface area contributed by atoms with Crippen molar-refractivity contribution in [2.45, 2.75) is 83.6 Å². The molecule has 0 unspecified atom stereocenters. The van der Waals surface area contributed by atoms with Gasteiger partial charge in [-0.15, -0.1) is 0 Å². The van der Waals surface area contributed by atoms with Crippen molar-refractivity contribution in [1.82, 2.24) is 10.2 Å². The summed E-state index contributed by atoms with van der Waals surface area (Å²) in [6, 6.07) is 0. The topological polar surface area (TPSA) is 32.3 Å². The van der Waals surface area contributed by atoms with E-state index in [-0.39, 0.29) is 11.4 Å². The van der Waals surface area contributed by atoms with Crippen molar-refractivity contribution in [2.24, 2.45) is 5.92 Å². The molecule has 1 heterocycles. The van der Waals surface area contributed by atoms with E-state index in [4.69, 9.17) is 0 Å². The molecular formula is C18H34N2O. The number of amides is 1. The molecule has 3 heteroatoms. The standard InChI is InChI=1S/C18H34N2O/c1-18(2,20-13-7-4-8-14-20)15-19-17(21)12-11-16-9-5-3-6-10-16/h16H,3-15H2,1-2H3,(H,19,21). The second-order valence-electron chi connectivity index (χ2n) is 7.68. The molecule has 0 aromatic carbocycles. The third kappa shape index (κ3) is 5.61. The van der Waals surface area contributed by atoms with Crippen LogP contribution in [0, 0.1) is 5.92 Å². The van der Waals surface area contributed by atoms with Crippen LogP contribution in [-0.2, 0) is 4.79 Å². The molecule has 1 amide bonds. The molecular weight excluding hydrogens is 260 g/mol. The normalized spacial score (nSPS) is 22.2. The number of nitrogens with one attached hydrogen (secondary N) is 1. The highest BCUT2D eigenvalue weighted by molar-refractivity contribution is 5.75.